The zero-order valence-electron chi connectivity index (χ0n) is 24.2. The van der Waals surface area contributed by atoms with Gasteiger partial charge in [-0.15, -0.1) is 0 Å². The molecule has 5 rings (SSSR count). The number of carbonyl (C=O) groups is 2. The Hall–Kier alpha value is -3.41. The highest BCUT2D eigenvalue weighted by Crippen LogP contribution is 2.37. The molecule has 2 amide bonds. The quantitative estimate of drug-likeness (QED) is 0.398. The van der Waals surface area contributed by atoms with Crippen LogP contribution >= 0.6 is 0 Å². The van der Waals surface area contributed by atoms with E-state index in [4.69, 9.17) is 0 Å². The molecule has 9 nitrogen and oxygen atoms in total. The lowest BCUT2D eigenvalue weighted by Crippen LogP contribution is -2.44. The van der Waals surface area contributed by atoms with Gasteiger partial charge in [-0.2, -0.15) is 18.2 Å². The molecule has 2 saturated carbocycles. The van der Waals surface area contributed by atoms with E-state index in [2.05, 4.69) is 37.9 Å². The van der Waals surface area contributed by atoms with Gasteiger partial charge < -0.3 is 25.8 Å². The molecule has 2 atom stereocenters. The first kappa shape index (κ1) is 30.1. The monoisotopic (exact) mass is 587 g/mol. The van der Waals surface area contributed by atoms with Crippen molar-refractivity contribution in [1.82, 2.24) is 25.1 Å². The number of benzene rings is 1. The number of amides is 2. The summed E-state index contributed by atoms with van der Waals surface area (Å²) >= 11 is 0. The van der Waals surface area contributed by atoms with E-state index in [1.165, 1.54) is 0 Å². The summed E-state index contributed by atoms with van der Waals surface area (Å²) < 4.78 is 41.7. The standard InChI is InChI=1S/C30H40F3N7O2/c1-39-16-14-22(15-17-39)40(2)28(42)19-10-12-21(13-11-19)36-29-34-18-24(30(31,32)33)26(38-29)37-25-9-5-8-23(25)27(41)35-20-6-3-4-7-20/h10-13,18,20,22-23,25H,3-9,14-17H2,1-2H3,(H,35,41)(H2,34,36,37,38)/t23-,25+/m0/s1. The fourth-order valence-corrected chi connectivity index (χ4v) is 6.34. The van der Waals surface area contributed by atoms with Crippen molar-refractivity contribution in [1.29, 1.82) is 0 Å². The summed E-state index contributed by atoms with van der Waals surface area (Å²) in [5, 5.41) is 8.99. The molecule has 1 aromatic heterocycles. The molecule has 0 spiro atoms. The van der Waals surface area contributed by atoms with Crippen LogP contribution in [0.3, 0.4) is 0 Å². The molecular formula is C30H40F3N7O2. The Morgan fingerprint density at radius 2 is 1.67 bits per heavy atom. The van der Waals surface area contributed by atoms with Crippen LogP contribution in [0.25, 0.3) is 0 Å². The van der Waals surface area contributed by atoms with Crippen molar-refractivity contribution >= 4 is 29.3 Å². The molecule has 0 unspecified atom stereocenters. The summed E-state index contributed by atoms with van der Waals surface area (Å²) in [4.78, 5) is 38.1. The average Bonchev–Trinajstić information content (AvgIpc) is 3.65. The van der Waals surface area contributed by atoms with Gasteiger partial charge in [0.15, 0.2) is 0 Å². The number of nitrogens with one attached hydrogen (secondary N) is 3. The van der Waals surface area contributed by atoms with Gasteiger partial charge in [-0.25, -0.2) is 4.98 Å². The first-order chi connectivity index (χ1) is 20.1. The maximum absolute atomic E-state index is 13.9. The van der Waals surface area contributed by atoms with Gasteiger partial charge in [-0.1, -0.05) is 19.3 Å². The Morgan fingerprint density at radius 3 is 2.33 bits per heavy atom. The molecule has 2 aliphatic carbocycles. The molecule has 3 N–H and O–H groups in total. The number of anilines is 3. The van der Waals surface area contributed by atoms with Gasteiger partial charge in [0.1, 0.15) is 11.4 Å². The molecule has 3 aliphatic rings. The number of halogens is 3. The highest BCUT2D eigenvalue weighted by Gasteiger charge is 2.39. The Morgan fingerprint density at radius 1 is 0.976 bits per heavy atom. The second kappa shape index (κ2) is 12.8. The smallest absolute Gasteiger partial charge is 0.366 e. The molecule has 42 heavy (non-hydrogen) atoms. The van der Waals surface area contributed by atoms with Crippen LogP contribution in [0.5, 0.6) is 0 Å². The zero-order valence-corrected chi connectivity index (χ0v) is 24.2. The number of nitrogens with zero attached hydrogens (tertiary/aromatic N) is 4. The van der Waals surface area contributed by atoms with Crippen molar-refractivity contribution < 1.29 is 22.8 Å². The Labute approximate surface area is 244 Å². The number of hydrogen-bond donors (Lipinski definition) is 3. The second-order valence-electron chi connectivity index (χ2n) is 11.9. The van der Waals surface area contributed by atoms with Crippen LogP contribution in [0.2, 0.25) is 0 Å². The van der Waals surface area contributed by atoms with Crippen LogP contribution < -0.4 is 16.0 Å². The van der Waals surface area contributed by atoms with Crippen molar-refractivity contribution in [3.05, 3.63) is 41.6 Å². The van der Waals surface area contributed by atoms with Gasteiger partial charge in [0, 0.05) is 42.6 Å². The van der Waals surface area contributed by atoms with Crippen LogP contribution in [0, 0.1) is 5.92 Å². The van der Waals surface area contributed by atoms with E-state index < -0.39 is 23.7 Å². The fraction of sp³-hybridized carbons (Fsp3) is 0.600. The molecule has 228 valence electrons. The number of carbonyl (C=O) groups excluding carboxylic acids is 2. The predicted molar refractivity (Wildman–Crippen MR) is 155 cm³/mol. The third-order valence-corrected chi connectivity index (χ3v) is 8.91. The van der Waals surface area contributed by atoms with Gasteiger partial charge in [0.25, 0.3) is 5.91 Å². The summed E-state index contributed by atoms with van der Waals surface area (Å²) in [6.07, 6.45) is 3.93. The number of likely N-dealkylation sites (tertiary alicyclic amines) is 1. The highest BCUT2D eigenvalue weighted by atomic mass is 19.4. The Bertz CT molecular complexity index is 1240. The molecule has 3 fully saturated rings. The molecule has 1 aromatic carbocycles. The third kappa shape index (κ3) is 7.14. The molecular weight excluding hydrogens is 547 g/mol. The van der Waals surface area contributed by atoms with E-state index in [0.717, 1.165) is 64.2 Å². The van der Waals surface area contributed by atoms with Crippen molar-refractivity contribution in [2.24, 2.45) is 5.92 Å². The van der Waals surface area contributed by atoms with Crippen LogP contribution in [-0.4, -0.2) is 76.9 Å². The van der Waals surface area contributed by atoms with E-state index >= 15 is 0 Å². The molecule has 2 aromatic rings. The van der Waals surface area contributed by atoms with Gasteiger partial charge >= 0.3 is 6.18 Å². The molecule has 2 heterocycles. The molecule has 0 radical (unpaired) electrons. The van der Waals surface area contributed by atoms with E-state index in [1.54, 1.807) is 29.2 Å². The second-order valence-corrected chi connectivity index (χ2v) is 11.9. The minimum Gasteiger partial charge on any atom is -0.366 e. The Balaban J connectivity index is 1.27. The highest BCUT2D eigenvalue weighted by molar-refractivity contribution is 5.94. The van der Waals surface area contributed by atoms with Gasteiger partial charge in [0.05, 0.1) is 5.92 Å². The van der Waals surface area contributed by atoms with Crippen molar-refractivity contribution in [2.75, 3.05) is 37.8 Å². The van der Waals surface area contributed by atoms with Gasteiger partial charge in [-0.3, -0.25) is 9.59 Å². The molecule has 12 heteroatoms. The minimum absolute atomic E-state index is 0.0158. The Kier molecular flexibility index (Phi) is 9.19. The van der Waals surface area contributed by atoms with E-state index in [0.29, 0.717) is 24.1 Å². The summed E-state index contributed by atoms with van der Waals surface area (Å²) in [7, 11) is 3.90. The first-order valence-corrected chi connectivity index (χ1v) is 14.9. The maximum Gasteiger partial charge on any atom is 0.421 e. The van der Waals surface area contributed by atoms with Crippen LogP contribution in [0.15, 0.2) is 30.5 Å². The van der Waals surface area contributed by atoms with Crippen LogP contribution in [-0.2, 0) is 11.0 Å². The number of aromatic nitrogens is 2. The van der Waals surface area contributed by atoms with Gasteiger partial charge in [-0.05, 0) is 82.9 Å². The molecule has 1 aliphatic heterocycles. The van der Waals surface area contributed by atoms with E-state index in [9.17, 15) is 22.8 Å². The van der Waals surface area contributed by atoms with Crippen LogP contribution in [0.4, 0.5) is 30.6 Å². The summed E-state index contributed by atoms with van der Waals surface area (Å²) in [6, 6.07) is 6.62. The summed E-state index contributed by atoms with van der Waals surface area (Å²) in [6.45, 7) is 1.90. The van der Waals surface area contributed by atoms with Gasteiger partial charge in [0.2, 0.25) is 11.9 Å². The molecule has 0 bridgehead atoms. The lowest BCUT2D eigenvalue weighted by Gasteiger charge is -2.35. The zero-order chi connectivity index (χ0) is 29.9. The number of piperidine rings is 1. The number of alkyl halides is 3. The largest absolute Gasteiger partial charge is 0.421 e. The lowest BCUT2D eigenvalue weighted by atomic mass is 10.0. The average molecular weight is 588 g/mol. The van der Waals surface area contributed by atoms with Crippen LogP contribution in [0.1, 0.15) is 73.7 Å². The maximum atomic E-state index is 13.9. The van der Waals surface area contributed by atoms with E-state index in [1.807, 2.05) is 7.05 Å². The first-order valence-electron chi connectivity index (χ1n) is 14.9. The van der Waals surface area contributed by atoms with Crippen molar-refractivity contribution in [2.45, 2.75) is 82.1 Å². The SMILES string of the molecule is CN1CCC(N(C)C(=O)c2ccc(Nc3ncc(C(F)(F)F)c(N[C@@H]4CCC[C@@H]4C(=O)NC4CCCC4)n3)cc2)CC1. The van der Waals surface area contributed by atoms with Crippen molar-refractivity contribution in [3.63, 3.8) is 0 Å². The molecule has 1 saturated heterocycles. The predicted octanol–water partition coefficient (Wildman–Crippen LogP) is 5.04. The fourth-order valence-electron chi connectivity index (χ4n) is 6.34. The number of hydrogen-bond acceptors (Lipinski definition) is 7. The third-order valence-electron chi connectivity index (χ3n) is 8.91. The number of rotatable bonds is 8. The van der Waals surface area contributed by atoms with Crippen molar-refractivity contribution in [3.8, 4) is 0 Å². The normalized spacial score (nSPS) is 22.2. The minimum atomic E-state index is -4.66. The summed E-state index contributed by atoms with van der Waals surface area (Å²) in [5.74, 6) is -0.962. The summed E-state index contributed by atoms with van der Waals surface area (Å²) in [5.41, 5.74) is 0.0857. The lowest BCUT2D eigenvalue weighted by molar-refractivity contribution is -0.137. The topological polar surface area (TPSA) is 102 Å². The van der Waals surface area contributed by atoms with E-state index in [-0.39, 0.29) is 35.7 Å².